The molecule has 0 spiro atoms. The third kappa shape index (κ3) is 1.76. The molecule has 1 aliphatic rings. The molecular weight excluding hydrogens is 264 g/mol. The van der Waals surface area contributed by atoms with Crippen LogP contribution < -0.4 is 10.6 Å². The van der Waals surface area contributed by atoms with Crippen molar-refractivity contribution in [1.82, 2.24) is 0 Å². The van der Waals surface area contributed by atoms with Crippen molar-refractivity contribution in [2.24, 2.45) is 0 Å². The van der Waals surface area contributed by atoms with Crippen LogP contribution >= 0.6 is 0 Å². The van der Waals surface area contributed by atoms with Gasteiger partial charge in [0.05, 0.1) is 16.8 Å². The second-order valence-corrected chi connectivity index (χ2v) is 5.39. The normalized spacial score (nSPS) is 13.8. The first-order valence-corrected chi connectivity index (χ1v) is 6.77. The summed E-state index contributed by atoms with van der Waals surface area (Å²) in [4.78, 5) is 26.6. The molecule has 106 valence electrons. The Balaban J connectivity index is 2.23. The standard InChI is InChI=1S/C17H16N2O2/c1-9-7-8-10(2)15-14(9)16(20)19(17(15)21)13-6-4-5-12(18)11(13)3/h4-8H,18H2,1-3H3. The summed E-state index contributed by atoms with van der Waals surface area (Å²) in [5.74, 6) is -0.546. The van der Waals surface area contributed by atoms with Gasteiger partial charge in [-0.25, -0.2) is 4.90 Å². The Morgan fingerprint density at radius 3 is 1.90 bits per heavy atom. The molecule has 4 heteroatoms. The molecule has 0 atom stereocenters. The molecule has 0 saturated carbocycles. The van der Waals surface area contributed by atoms with Crippen LogP contribution in [0.1, 0.15) is 37.4 Å². The first kappa shape index (κ1) is 13.4. The minimum atomic E-state index is -0.273. The van der Waals surface area contributed by atoms with E-state index in [1.807, 2.05) is 32.9 Å². The Labute approximate surface area is 123 Å². The van der Waals surface area contributed by atoms with E-state index in [2.05, 4.69) is 0 Å². The van der Waals surface area contributed by atoms with Crippen molar-refractivity contribution in [2.45, 2.75) is 20.8 Å². The molecule has 1 heterocycles. The third-order valence-electron chi connectivity index (χ3n) is 4.04. The number of aryl methyl sites for hydroxylation is 2. The molecule has 0 fully saturated rings. The zero-order valence-electron chi connectivity index (χ0n) is 12.2. The minimum Gasteiger partial charge on any atom is -0.398 e. The molecular formula is C17H16N2O2. The molecule has 0 aliphatic carbocycles. The zero-order chi connectivity index (χ0) is 15.3. The number of nitrogen functional groups attached to an aromatic ring is 1. The van der Waals surface area contributed by atoms with E-state index >= 15 is 0 Å². The molecule has 2 amide bonds. The number of carbonyl (C=O) groups is 2. The maximum Gasteiger partial charge on any atom is 0.266 e. The van der Waals surface area contributed by atoms with Gasteiger partial charge in [-0.2, -0.15) is 0 Å². The summed E-state index contributed by atoms with van der Waals surface area (Å²) >= 11 is 0. The molecule has 1 aliphatic heterocycles. The topological polar surface area (TPSA) is 63.4 Å². The number of anilines is 2. The van der Waals surface area contributed by atoms with Gasteiger partial charge in [-0.05, 0) is 49.6 Å². The number of rotatable bonds is 1. The fraction of sp³-hybridized carbons (Fsp3) is 0.176. The molecule has 2 aromatic rings. The summed E-state index contributed by atoms with van der Waals surface area (Å²) in [6, 6.07) is 9.00. The predicted molar refractivity (Wildman–Crippen MR) is 82.6 cm³/mol. The predicted octanol–water partition coefficient (Wildman–Crippen LogP) is 2.99. The van der Waals surface area contributed by atoms with Crippen LogP contribution in [0, 0.1) is 20.8 Å². The number of benzene rings is 2. The summed E-state index contributed by atoms with van der Waals surface area (Å²) in [7, 11) is 0. The summed E-state index contributed by atoms with van der Waals surface area (Å²) in [6.07, 6.45) is 0. The molecule has 0 saturated heterocycles. The number of imide groups is 1. The summed E-state index contributed by atoms with van der Waals surface area (Å²) in [5, 5.41) is 0. The van der Waals surface area contributed by atoms with Crippen LogP contribution in [0.3, 0.4) is 0 Å². The average Bonchev–Trinajstić information content (AvgIpc) is 2.71. The van der Waals surface area contributed by atoms with Gasteiger partial charge >= 0.3 is 0 Å². The number of nitrogens with two attached hydrogens (primary N) is 1. The molecule has 2 N–H and O–H groups in total. The number of nitrogens with zero attached hydrogens (tertiary/aromatic N) is 1. The maximum atomic E-state index is 12.7. The smallest absolute Gasteiger partial charge is 0.266 e. The number of amides is 2. The molecule has 0 radical (unpaired) electrons. The minimum absolute atomic E-state index is 0.273. The summed E-state index contributed by atoms with van der Waals surface area (Å²) in [6.45, 7) is 5.51. The fourth-order valence-electron chi connectivity index (χ4n) is 2.78. The van der Waals surface area contributed by atoms with E-state index in [4.69, 9.17) is 5.73 Å². The van der Waals surface area contributed by atoms with Gasteiger partial charge in [0.25, 0.3) is 11.8 Å². The lowest BCUT2D eigenvalue weighted by molar-refractivity contribution is 0.0925. The Morgan fingerprint density at radius 2 is 1.38 bits per heavy atom. The van der Waals surface area contributed by atoms with Crippen LogP contribution in [0.25, 0.3) is 0 Å². The summed E-state index contributed by atoms with van der Waals surface area (Å²) < 4.78 is 0. The highest BCUT2D eigenvalue weighted by Crippen LogP contribution is 2.35. The van der Waals surface area contributed by atoms with Crippen molar-refractivity contribution >= 4 is 23.2 Å². The van der Waals surface area contributed by atoms with Gasteiger partial charge < -0.3 is 5.73 Å². The second kappa shape index (κ2) is 4.45. The highest BCUT2D eigenvalue weighted by molar-refractivity contribution is 6.35. The van der Waals surface area contributed by atoms with E-state index in [1.54, 1.807) is 18.2 Å². The largest absolute Gasteiger partial charge is 0.398 e. The molecule has 0 bridgehead atoms. The fourth-order valence-corrected chi connectivity index (χ4v) is 2.78. The van der Waals surface area contributed by atoms with Crippen LogP contribution in [-0.4, -0.2) is 11.8 Å². The van der Waals surface area contributed by atoms with E-state index in [1.165, 1.54) is 4.90 Å². The van der Waals surface area contributed by atoms with E-state index in [9.17, 15) is 9.59 Å². The molecule has 0 unspecified atom stereocenters. The lowest BCUT2D eigenvalue weighted by atomic mass is 9.99. The molecule has 4 nitrogen and oxygen atoms in total. The number of hydrogen-bond acceptors (Lipinski definition) is 3. The van der Waals surface area contributed by atoms with E-state index in [0.29, 0.717) is 22.5 Å². The quantitative estimate of drug-likeness (QED) is 0.645. The zero-order valence-corrected chi connectivity index (χ0v) is 12.2. The Morgan fingerprint density at radius 1 is 0.857 bits per heavy atom. The van der Waals surface area contributed by atoms with Gasteiger partial charge in [-0.15, -0.1) is 0 Å². The molecule has 0 aromatic heterocycles. The van der Waals surface area contributed by atoms with Crippen molar-refractivity contribution < 1.29 is 9.59 Å². The van der Waals surface area contributed by atoms with E-state index in [0.717, 1.165) is 16.7 Å². The van der Waals surface area contributed by atoms with Gasteiger partial charge in [-0.1, -0.05) is 18.2 Å². The SMILES string of the molecule is Cc1ccc(C)c2c1C(=O)N(c1cccc(N)c1C)C2=O. The van der Waals surface area contributed by atoms with Crippen LogP contribution in [0.5, 0.6) is 0 Å². The van der Waals surface area contributed by atoms with Gasteiger partial charge in [0.1, 0.15) is 0 Å². The Kier molecular flexibility index (Phi) is 2.83. The Hall–Kier alpha value is -2.62. The van der Waals surface area contributed by atoms with Crippen LogP contribution in [0.2, 0.25) is 0 Å². The lowest BCUT2D eigenvalue weighted by Gasteiger charge is -2.17. The van der Waals surface area contributed by atoms with E-state index < -0.39 is 0 Å². The number of fused-ring (bicyclic) bond motifs is 1. The highest BCUT2D eigenvalue weighted by Gasteiger charge is 2.39. The van der Waals surface area contributed by atoms with Gasteiger partial charge in [0.15, 0.2) is 0 Å². The van der Waals surface area contributed by atoms with Gasteiger partial charge in [-0.3, -0.25) is 9.59 Å². The number of carbonyl (C=O) groups excluding carboxylic acids is 2. The molecule has 21 heavy (non-hydrogen) atoms. The van der Waals surface area contributed by atoms with Gasteiger partial charge in [0.2, 0.25) is 0 Å². The third-order valence-corrected chi connectivity index (χ3v) is 4.04. The highest BCUT2D eigenvalue weighted by atomic mass is 16.2. The first-order valence-electron chi connectivity index (χ1n) is 6.77. The first-order chi connectivity index (χ1) is 9.93. The maximum absolute atomic E-state index is 12.7. The van der Waals surface area contributed by atoms with Crippen molar-refractivity contribution in [2.75, 3.05) is 10.6 Å². The van der Waals surface area contributed by atoms with Gasteiger partial charge in [0, 0.05) is 5.69 Å². The van der Waals surface area contributed by atoms with E-state index in [-0.39, 0.29) is 11.8 Å². The lowest BCUT2D eigenvalue weighted by Crippen LogP contribution is -2.30. The van der Waals surface area contributed by atoms with Crippen molar-refractivity contribution in [3.8, 4) is 0 Å². The summed E-state index contributed by atoms with van der Waals surface area (Å²) in [5.41, 5.74) is 10.4. The van der Waals surface area contributed by atoms with Crippen molar-refractivity contribution in [1.29, 1.82) is 0 Å². The molecule has 2 aromatic carbocycles. The number of hydrogen-bond donors (Lipinski definition) is 1. The average molecular weight is 280 g/mol. The van der Waals surface area contributed by atoms with Crippen LogP contribution in [0.4, 0.5) is 11.4 Å². The Bertz CT molecular complexity index is 753. The second-order valence-electron chi connectivity index (χ2n) is 5.39. The van der Waals surface area contributed by atoms with Crippen molar-refractivity contribution in [3.05, 3.63) is 58.1 Å². The van der Waals surface area contributed by atoms with Crippen molar-refractivity contribution in [3.63, 3.8) is 0 Å². The van der Waals surface area contributed by atoms with Crippen LogP contribution in [-0.2, 0) is 0 Å². The molecule has 3 rings (SSSR count). The van der Waals surface area contributed by atoms with Crippen LogP contribution in [0.15, 0.2) is 30.3 Å². The monoisotopic (exact) mass is 280 g/mol.